The van der Waals surface area contributed by atoms with Gasteiger partial charge >= 0.3 is 0 Å². The van der Waals surface area contributed by atoms with Crippen LogP contribution in [0.5, 0.6) is 5.75 Å². The average Bonchev–Trinajstić information content (AvgIpc) is 3.19. The van der Waals surface area contributed by atoms with E-state index in [2.05, 4.69) is 56.1 Å². The summed E-state index contributed by atoms with van der Waals surface area (Å²) in [5.41, 5.74) is 2.43. The predicted octanol–water partition coefficient (Wildman–Crippen LogP) is 5.58. The Bertz CT molecular complexity index is 1380. The van der Waals surface area contributed by atoms with Crippen LogP contribution in [0.1, 0.15) is 39.4 Å². The molecule has 1 fully saturated rings. The Kier molecular flexibility index (Phi) is 6.48. The van der Waals surface area contributed by atoms with Crippen molar-refractivity contribution in [1.82, 2.24) is 30.5 Å². The van der Waals surface area contributed by atoms with E-state index in [0.717, 1.165) is 13.1 Å². The van der Waals surface area contributed by atoms with Crippen LogP contribution in [-0.2, 0) is 0 Å². The van der Waals surface area contributed by atoms with Crippen LogP contribution < -0.4 is 15.0 Å². The zero-order valence-corrected chi connectivity index (χ0v) is 21.8. The second kappa shape index (κ2) is 9.46. The number of aromatic nitrogens is 5. The van der Waals surface area contributed by atoms with Gasteiger partial charge in [0.25, 0.3) is 0 Å². The number of benzene rings is 1. The molecule has 1 aliphatic heterocycles. The zero-order valence-electron chi connectivity index (χ0n) is 20.3. The number of hydrogen-bond donors (Lipinski definition) is 2. The molecule has 0 unspecified atom stereocenters. The molecule has 11 heteroatoms. The minimum Gasteiger partial charge on any atom is -0.483 e. The lowest BCUT2D eigenvalue weighted by molar-refractivity contribution is 0.217. The first-order valence-electron chi connectivity index (χ1n) is 11.6. The molecule has 0 bridgehead atoms. The van der Waals surface area contributed by atoms with Crippen LogP contribution >= 0.6 is 23.2 Å². The molecular weight excluding hydrogens is 504 g/mol. The Morgan fingerprint density at radius 2 is 1.75 bits per heavy atom. The van der Waals surface area contributed by atoms with Gasteiger partial charge in [-0.25, -0.2) is 14.4 Å². The number of halogens is 3. The molecule has 1 aromatic carbocycles. The third-order valence-electron chi connectivity index (χ3n) is 6.13. The number of aromatic amines is 1. The number of hydrogen-bond acceptors (Lipinski definition) is 7. The van der Waals surface area contributed by atoms with Crippen LogP contribution in [0.3, 0.4) is 0 Å². The minimum atomic E-state index is -0.606. The fourth-order valence-electron chi connectivity index (χ4n) is 4.72. The van der Waals surface area contributed by atoms with Crippen molar-refractivity contribution in [3.8, 4) is 17.0 Å². The molecule has 4 heterocycles. The number of fused-ring (bicyclic) bond motifs is 1. The molecular formula is C25H26Cl2FN7O. The van der Waals surface area contributed by atoms with E-state index in [1.165, 1.54) is 18.5 Å². The van der Waals surface area contributed by atoms with Gasteiger partial charge in [0.05, 0.1) is 21.1 Å². The summed E-state index contributed by atoms with van der Waals surface area (Å²) in [5, 5.41) is 12.2. The molecule has 4 aromatic rings. The van der Waals surface area contributed by atoms with Crippen molar-refractivity contribution >= 4 is 40.1 Å². The van der Waals surface area contributed by atoms with E-state index >= 15 is 0 Å². The van der Waals surface area contributed by atoms with Gasteiger partial charge in [-0.15, -0.1) is 0 Å². The van der Waals surface area contributed by atoms with Crippen LogP contribution in [0.4, 0.5) is 10.3 Å². The van der Waals surface area contributed by atoms with Crippen LogP contribution in [0.2, 0.25) is 10.0 Å². The third kappa shape index (κ3) is 4.70. The van der Waals surface area contributed by atoms with Gasteiger partial charge in [-0.3, -0.25) is 10.1 Å². The summed E-state index contributed by atoms with van der Waals surface area (Å²) in [6.07, 6.45) is 5.80. The second-order valence-electron chi connectivity index (χ2n) is 9.66. The lowest BCUT2D eigenvalue weighted by Gasteiger charge is -2.49. The Labute approximate surface area is 218 Å². The molecule has 188 valence electrons. The topological polar surface area (TPSA) is 91.8 Å². The van der Waals surface area contributed by atoms with E-state index in [9.17, 15) is 4.39 Å². The van der Waals surface area contributed by atoms with Crippen molar-refractivity contribution in [1.29, 1.82) is 0 Å². The van der Waals surface area contributed by atoms with E-state index in [1.807, 2.05) is 0 Å². The number of H-pyrrole nitrogens is 1. The highest BCUT2D eigenvalue weighted by atomic mass is 35.5. The molecule has 3 aromatic heterocycles. The summed E-state index contributed by atoms with van der Waals surface area (Å²) in [5.74, 6) is 0.182. The average molecular weight is 530 g/mol. The van der Waals surface area contributed by atoms with E-state index in [1.54, 1.807) is 25.4 Å². The van der Waals surface area contributed by atoms with Gasteiger partial charge in [0.1, 0.15) is 11.8 Å². The molecule has 1 saturated heterocycles. The van der Waals surface area contributed by atoms with E-state index < -0.39 is 11.9 Å². The van der Waals surface area contributed by atoms with Gasteiger partial charge in [-0.2, -0.15) is 5.10 Å². The predicted molar refractivity (Wildman–Crippen MR) is 139 cm³/mol. The molecule has 5 rings (SSSR count). The van der Waals surface area contributed by atoms with Gasteiger partial charge in [0.15, 0.2) is 11.6 Å². The highest BCUT2D eigenvalue weighted by molar-refractivity contribution is 6.35. The largest absolute Gasteiger partial charge is 0.483 e. The Balaban J connectivity index is 1.38. The third-order valence-corrected chi connectivity index (χ3v) is 6.73. The van der Waals surface area contributed by atoms with Gasteiger partial charge in [0, 0.05) is 66.5 Å². The van der Waals surface area contributed by atoms with Gasteiger partial charge < -0.3 is 15.0 Å². The summed E-state index contributed by atoms with van der Waals surface area (Å²) < 4.78 is 20.8. The molecule has 36 heavy (non-hydrogen) atoms. The molecule has 0 spiro atoms. The van der Waals surface area contributed by atoms with Crippen LogP contribution in [0, 0.1) is 5.82 Å². The zero-order chi connectivity index (χ0) is 25.6. The molecule has 0 aliphatic carbocycles. The van der Waals surface area contributed by atoms with Crippen molar-refractivity contribution in [2.75, 3.05) is 18.0 Å². The summed E-state index contributed by atoms with van der Waals surface area (Å²) in [4.78, 5) is 15.2. The van der Waals surface area contributed by atoms with Crippen LogP contribution in [-0.4, -0.2) is 49.8 Å². The SMILES string of the molecule is CC(C)NC1(C)CN(c2ncc(-c3n[nH]c4cc(F)c(O[C@H](C)c5c(Cl)cncc5Cl)cc34)cn2)C1. The normalized spacial score (nSPS) is 15.8. The molecule has 0 amide bonds. The number of ether oxygens (including phenoxy) is 1. The first kappa shape index (κ1) is 24.7. The summed E-state index contributed by atoms with van der Waals surface area (Å²) in [6, 6.07) is 3.37. The monoisotopic (exact) mass is 529 g/mol. The van der Waals surface area contributed by atoms with E-state index in [0.29, 0.717) is 49.8 Å². The highest BCUT2D eigenvalue weighted by Crippen LogP contribution is 2.36. The van der Waals surface area contributed by atoms with Crippen molar-refractivity contribution in [3.63, 3.8) is 0 Å². The molecule has 8 nitrogen and oxygen atoms in total. The molecule has 1 atom stereocenters. The summed E-state index contributed by atoms with van der Waals surface area (Å²) >= 11 is 12.5. The van der Waals surface area contributed by atoms with Crippen LogP contribution in [0.15, 0.2) is 36.9 Å². The number of anilines is 1. The first-order valence-corrected chi connectivity index (χ1v) is 12.4. The smallest absolute Gasteiger partial charge is 0.225 e. The summed E-state index contributed by atoms with van der Waals surface area (Å²) in [7, 11) is 0. The highest BCUT2D eigenvalue weighted by Gasteiger charge is 2.40. The molecule has 2 N–H and O–H groups in total. The van der Waals surface area contributed by atoms with Crippen molar-refractivity contribution in [2.45, 2.75) is 45.4 Å². The van der Waals surface area contributed by atoms with Crippen molar-refractivity contribution in [2.24, 2.45) is 0 Å². The van der Waals surface area contributed by atoms with E-state index in [4.69, 9.17) is 27.9 Å². The van der Waals surface area contributed by atoms with E-state index in [-0.39, 0.29) is 11.3 Å². The molecule has 0 radical (unpaired) electrons. The van der Waals surface area contributed by atoms with Crippen molar-refractivity contribution in [3.05, 3.63) is 58.3 Å². The van der Waals surface area contributed by atoms with Crippen molar-refractivity contribution < 1.29 is 9.13 Å². The fraction of sp³-hybridized carbons (Fsp3) is 0.360. The maximum Gasteiger partial charge on any atom is 0.225 e. The second-order valence-corrected chi connectivity index (χ2v) is 10.5. The lowest BCUT2D eigenvalue weighted by atomic mass is 9.92. The first-order chi connectivity index (χ1) is 17.1. The standard InChI is InChI=1S/C25H26Cl2FN7O/c1-13(2)32-25(4)11-35(12-25)24-30-7-15(8-31-24)23-16-5-21(19(28)6-20(16)33-34-23)36-14(3)22-17(26)9-29-10-18(22)27/h5-10,13-14,32H,11-12H2,1-4H3,(H,33,34)/t14-/m1/s1. The Morgan fingerprint density at radius 1 is 1.08 bits per heavy atom. The van der Waals surface area contributed by atoms with Gasteiger partial charge in [0.2, 0.25) is 5.95 Å². The quantitative estimate of drug-likeness (QED) is 0.323. The van der Waals surface area contributed by atoms with Crippen LogP contribution in [0.25, 0.3) is 22.2 Å². The number of pyridine rings is 1. The minimum absolute atomic E-state index is 0.0525. The summed E-state index contributed by atoms with van der Waals surface area (Å²) in [6.45, 7) is 9.89. The van der Waals surface area contributed by atoms with Gasteiger partial charge in [-0.05, 0) is 19.9 Å². The van der Waals surface area contributed by atoms with Gasteiger partial charge in [-0.1, -0.05) is 37.0 Å². The Morgan fingerprint density at radius 3 is 2.39 bits per heavy atom. The lowest BCUT2D eigenvalue weighted by Crippen LogP contribution is -2.69. The Hall–Kier alpha value is -3.01. The maximum atomic E-state index is 14.9. The number of rotatable bonds is 7. The number of nitrogens with zero attached hydrogens (tertiary/aromatic N) is 5. The fourth-order valence-corrected chi connectivity index (χ4v) is 5.39. The molecule has 0 saturated carbocycles. The molecule has 1 aliphatic rings. The maximum absolute atomic E-state index is 14.9. The number of nitrogens with one attached hydrogen (secondary N) is 2.